The number of hydrogen-bond acceptors (Lipinski definition) is 2. The molecule has 8 heteroatoms. The van der Waals surface area contributed by atoms with Crippen molar-refractivity contribution in [1.29, 1.82) is 0 Å². The summed E-state index contributed by atoms with van der Waals surface area (Å²) in [6.07, 6.45) is -4.96. The number of carbonyl (C=O) groups excluding carboxylic acids is 1. The summed E-state index contributed by atoms with van der Waals surface area (Å²) in [5, 5.41) is 0.588. The molecule has 0 aromatic heterocycles. The van der Waals surface area contributed by atoms with Crippen molar-refractivity contribution in [1.82, 2.24) is 4.90 Å². The zero-order valence-electron chi connectivity index (χ0n) is 16.3. The number of anilines is 1. The first-order chi connectivity index (χ1) is 14.1. The van der Waals surface area contributed by atoms with E-state index in [9.17, 15) is 22.4 Å². The van der Waals surface area contributed by atoms with Gasteiger partial charge in [0.05, 0.1) is 0 Å². The van der Waals surface area contributed by atoms with Crippen LogP contribution >= 0.6 is 11.6 Å². The molecule has 0 radical (unpaired) electrons. The Labute approximate surface area is 177 Å². The molecule has 2 aromatic rings. The lowest BCUT2D eigenvalue weighted by Gasteiger charge is -2.39. The Morgan fingerprint density at radius 2 is 1.70 bits per heavy atom. The first-order valence-corrected chi connectivity index (χ1v) is 10.1. The molecule has 1 saturated heterocycles. The Morgan fingerprint density at radius 1 is 1.07 bits per heavy atom. The molecule has 1 amide bonds. The third-order valence-corrected chi connectivity index (χ3v) is 6.43. The second kappa shape index (κ2) is 7.45. The summed E-state index contributed by atoms with van der Waals surface area (Å²) in [6, 6.07) is 10.4. The van der Waals surface area contributed by atoms with E-state index in [-0.39, 0.29) is 19.5 Å². The van der Waals surface area contributed by atoms with Gasteiger partial charge in [0.2, 0.25) is 5.91 Å². The van der Waals surface area contributed by atoms with Crippen LogP contribution in [0.15, 0.2) is 42.5 Å². The first kappa shape index (κ1) is 21.0. The van der Waals surface area contributed by atoms with E-state index < -0.39 is 29.2 Å². The van der Waals surface area contributed by atoms with Gasteiger partial charge in [-0.1, -0.05) is 29.8 Å². The SMILES string of the molecule is Cc1ccc(Cl)cc1N1CCN(C(=O)[C@]2(C(F)(F)F)C[C@H]2c2ccc(F)cc2)CC1. The second-order valence-electron chi connectivity index (χ2n) is 7.99. The Balaban J connectivity index is 1.51. The number of piperazine rings is 1. The molecular formula is C22H21ClF4N2O. The molecule has 2 aromatic carbocycles. The summed E-state index contributed by atoms with van der Waals surface area (Å²) in [5.41, 5.74) is -0.130. The molecule has 0 bridgehead atoms. The molecule has 3 nitrogen and oxygen atoms in total. The largest absolute Gasteiger partial charge is 0.403 e. The minimum atomic E-state index is -4.66. The molecule has 2 aliphatic rings. The van der Waals surface area contributed by atoms with Gasteiger partial charge in [0, 0.05) is 42.8 Å². The van der Waals surface area contributed by atoms with Crippen LogP contribution in [-0.4, -0.2) is 43.2 Å². The lowest BCUT2D eigenvalue weighted by molar-refractivity contribution is -0.200. The summed E-state index contributed by atoms with van der Waals surface area (Å²) < 4.78 is 55.2. The fraction of sp³-hybridized carbons (Fsp3) is 0.409. The number of amides is 1. The van der Waals surface area contributed by atoms with Gasteiger partial charge in [-0.3, -0.25) is 4.79 Å². The minimum absolute atomic E-state index is 0.207. The maximum atomic E-state index is 14.0. The molecule has 160 valence electrons. The zero-order chi connectivity index (χ0) is 21.7. The molecular weight excluding hydrogens is 420 g/mol. The molecule has 0 unspecified atom stereocenters. The van der Waals surface area contributed by atoms with Crippen molar-refractivity contribution in [3.05, 3.63) is 64.4 Å². The van der Waals surface area contributed by atoms with E-state index in [0.717, 1.165) is 23.4 Å². The summed E-state index contributed by atoms with van der Waals surface area (Å²) >= 11 is 6.08. The van der Waals surface area contributed by atoms with Crippen LogP contribution in [0.4, 0.5) is 23.2 Å². The van der Waals surface area contributed by atoms with Crippen LogP contribution < -0.4 is 4.90 Å². The molecule has 1 aliphatic carbocycles. The Kier molecular flexibility index (Phi) is 5.21. The second-order valence-corrected chi connectivity index (χ2v) is 8.42. The van der Waals surface area contributed by atoms with Crippen LogP contribution in [0.5, 0.6) is 0 Å². The number of rotatable bonds is 3. The van der Waals surface area contributed by atoms with Gasteiger partial charge in [-0.05, 0) is 48.7 Å². The van der Waals surface area contributed by atoms with Crippen molar-refractivity contribution in [2.75, 3.05) is 31.1 Å². The summed E-state index contributed by atoms with van der Waals surface area (Å²) in [7, 11) is 0. The predicted octanol–water partition coefficient (Wildman–Crippen LogP) is 5.17. The van der Waals surface area contributed by atoms with Gasteiger partial charge in [0.1, 0.15) is 5.82 Å². The van der Waals surface area contributed by atoms with E-state index in [2.05, 4.69) is 0 Å². The number of alkyl halides is 3. The maximum absolute atomic E-state index is 14.0. The number of hydrogen-bond donors (Lipinski definition) is 0. The van der Waals surface area contributed by atoms with Crippen LogP contribution in [-0.2, 0) is 4.79 Å². The number of carbonyl (C=O) groups is 1. The van der Waals surface area contributed by atoms with Crippen LogP contribution in [0.25, 0.3) is 0 Å². The summed E-state index contributed by atoms with van der Waals surface area (Å²) in [6.45, 7) is 3.22. The van der Waals surface area contributed by atoms with Crippen molar-refractivity contribution in [3.63, 3.8) is 0 Å². The molecule has 0 N–H and O–H groups in total. The normalized spacial score (nSPS) is 24.1. The van der Waals surface area contributed by atoms with Crippen LogP contribution in [0, 0.1) is 18.2 Å². The summed E-state index contributed by atoms with van der Waals surface area (Å²) in [4.78, 5) is 16.4. The van der Waals surface area contributed by atoms with Crippen molar-refractivity contribution in [3.8, 4) is 0 Å². The average molecular weight is 441 g/mol. The Hall–Kier alpha value is -2.28. The average Bonchev–Trinajstić information content (AvgIpc) is 3.47. The maximum Gasteiger partial charge on any atom is 0.403 e. The fourth-order valence-electron chi connectivity index (χ4n) is 4.39. The van der Waals surface area contributed by atoms with Gasteiger partial charge in [-0.25, -0.2) is 4.39 Å². The van der Waals surface area contributed by atoms with Gasteiger partial charge in [0.15, 0.2) is 5.41 Å². The van der Waals surface area contributed by atoms with Gasteiger partial charge >= 0.3 is 6.18 Å². The third kappa shape index (κ3) is 3.53. The molecule has 2 fully saturated rings. The number of halogens is 5. The van der Waals surface area contributed by atoms with Crippen molar-refractivity contribution in [2.24, 2.45) is 5.41 Å². The van der Waals surface area contributed by atoms with Crippen molar-refractivity contribution < 1.29 is 22.4 Å². The number of benzene rings is 2. The standard InChI is InChI=1S/C22H21ClF4N2O/c1-14-2-5-16(23)12-19(14)28-8-10-29(11-9-28)20(30)21(22(25,26)27)13-18(21)15-3-6-17(24)7-4-15/h2-7,12,18H,8-11,13H2,1H3/t18-,21-/m0/s1. The highest BCUT2D eigenvalue weighted by molar-refractivity contribution is 6.30. The van der Waals surface area contributed by atoms with Gasteiger partial charge in [-0.2, -0.15) is 13.2 Å². The van der Waals surface area contributed by atoms with Crippen LogP contribution in [0.2, 0.25) is 5.02 Å². The number of nitrogens with zero attached hydrogens (tertiary/aromatic N) is 2. The highest BCUT2D eigenvalue weighted by atomic mass is 35.5. The smallest absolute Gasteiger partial charge is 0.368 e. The van der Waals surface area contributed by atoms with Gasteiger partial charge < -0.3 is 9.80 Å². The zero-order valence-corrected chi connectivity index (χ0v) is 17.1. The van der Waals surface area contributed by atoms with Crippen LogP contribution in [0.1, 0.15) is 23.5 Å². The van der Waals surface area contributed by atoms with E-state index in [0.29, 0.717) is 23.7 Å². The lowest BCUT2D eigenvalue weighted by atomic mass is 9.96. The van der Waals surface area contributed by atoms with E-state index in [1.165, 1.54) is 17.0 Å². The van der Waals surface area contributed by atoms with Crippen molar-refractivity contribution in [2.45, 2.75) is 25.4 Å². The molecule has 1 aliphatic heterocycles. The Morgan fingerprint density at radius 3 is 2.30 bits per heavy atom. The van der Waals surface area contributed by atoms with Crippen molar-refractivity contribution >= 4 is 23.2 Å². The highest BCUT2D eigenvalue weighted by Crippen LogP contribution is 2.68. The quantitative estimate of drug-likeness (QED) is 0.614. The molecule has 2 atom stereocenters. The van der Waals surface area contributed by atoms with Gasteiger partial charge in [-0.15, -0.1) is 0 Å². The monoisotopic (exact) mass is 440 g/mol. The molecule has 30 heavy (non-hydrogen) atoms. The summed E-state index contributed by atoms with van der Waals surface area (Å²) in [5.74, 6) is -2.37. The number of aryl methyl sites for hydroxylation is 1. The lowest BCUT2D eigenvalue weighted by Crippen LogP contribution is -2.53. The van der Waals surface area contributed by atoms with E-state index >= 15 is 0 Å². The van der Waals surface area contributed by atoms with Crippen LogP contribution in [0.3, 0.4) is 0 Å². The fourth-order valence-corrected chi connectivity index (χ4v) is 4.55. The minimum Gasteiger partial charge on any atom is -0.368 e. The van der Waals surface area contributed by atoms with E-state index in [4.69, 9.17) is 11.6 Å². The molecule has 1 saturated carbocycles. The molecule has 0 spiro atoms. The van der Waals surface area contributed by atoms with Gasteiger partial charge in [0.25, 0.3) is 0 Å². The topological polar surface area (TPSA) is 23.6 Å². The molecule has 4 rings (SSSR count). The molecule has 1 heterocycles. The third-order valence-electron chi connectivity index (χ3n) is 6.20. The first-order valence-electron chi connectivity index (χ1n) is 9.76. The highest BCUT2D eigenvalue weighted by Gasteiger charge is 2.76. The van der Waals surface area contributed by atoms with E-state index in [1.807, 2.05) is 24.0 Å². The Bertz CT molecular complexity index is 955. The predicted molar refractivity (Wildman–Crippen MR) is 107 cm³/mol. The van der Waals surface area contributed by atoms with E-state index in [1.54, 1.807) is 6.07 Å².